The van der Waals surface area contributed by atoms with Gasteiger partial charge < -0.3 is 5.32 Å². The lowest BCUT2D eigenvalue weighted by Gasteiger charge is -2.38. The van der Waals surface area contributed by atoms with E-state index in [0.717, 1.165) is 25.6 Å². The molecule has 1 saturated heterocycles. The number of piperazine rings is 1. The minimum atomic E-state index is 0.693. The second-order valence-electron chi connectivity index (χ2n) is 4.62. The first-order valence-corrected chi connectivity index (χ1v) is 6.67. The average Bonchev–Trinajstić information content (AvgIpc) is 2.71. The molecule has 0 bridgehead atoms. The van der Waals surface area contributed by atoms with Crippen LogP contribution in [-0.4, -0.2) is 30.6 Å². The van der Waals surface area contributed by atoms with Crippen LogP contribution in [0.2, 0.25) is 0 Å². The molecule has 2 nitrogen and oxygen atoms in total. The lowest BCUT2D eigenvalue weighted by Crippen LogP contribution is -2.52. The molecule has 0 radical (unpaired) electrons. The molecule has 1 aliphatic rings. The molecule has 0 amide bonds. The Morgan fingerprint density at radius 3 is 3.13 bits per heavy atom. The summed E-state index contributed by atoms with van der Waals surface area (Å²) in [4.78, 5) is 2.61. The molecule has 15 heavy (non-hydrogen) atoms. The van der Waals surface area contributed by atoms with E-state index in [1.807, 2.05) is 0 Å². The van der Waals surface area contributed by atoms with Crippen molar-refractivity contribution in [2.45, 2.75) is 26.4 Å². The van der Waals surface area contributed by atoms with Crippen molar-refractivity contribution >= 4 is 11.3 Å². The summed E-state index contributed by atoms with van der Waals surface area (Å²) in [6.07, 6.45) is 0. The summed E-state index contributed by atoms with van der Waals surface area (Å²) in [5.74, 6) is 0.733. The third-order valence-electron chi connectivity index (χ3n) is 3.13. The zero-order valence-corrected chi connectivity index (χ0v) is 10.4. The van der Waals surface area contributed by atoms with Crippen molar-refractivity contribution in [1.29, 1.82) is 0 Å². The SMILES string of the molecule is CC(C)C1CNCCN1Cc1ccsc1. The van der Waals surface area contributed by atoms with Gasteiger partial charge in [0.05, 0.1) is 0 Å². The van der Waals surface area contributed by atoms with Gasteiger partial charge >= 0.3 is 0 Å². The van der Waals surface area contributed by atoms with E-state index >= 15 is 0 Å². The van der Waals surface area contributed by atoms with E-state index in [1.54, 1.807) is 11.3 Å². The molecule has 0 aromatic carbocycles. The van der Waals surface area contributed by atoms with Crippen LogP contribution in [0.5, 0.6) is 0 Å². The molecule has 1 aliphatic heterocycles. The van der Waals surface area contributed by atoms with Crippen molar-refractivity contribution in [2.75, 3.05) is 19.6 Å². The first-order chi connectivity index (χ1) is 7.27. The summed E-state index contributed by atoms with van der Waals surface area (Å²) < 4.78 is 0. The van der Waals surface area contributed by atoms with Crippen LogP contribution in [0.1, 0.15) is 19.4 Å². The van der Waals surface area contributed by atoms with Crippen LogP contribution in [0.4, 0.5) is 0 Å². The van der Waals surface area contributed by atoms with Crippen LogP contribution in [0.3, 0.4) is 0 Å². The average molecular weight is 224 g/mol. The molecule has 2 rings (SSSR count). The van der Waals surface area contributed by atoms with Crippen molar-refractivity contribution in [1.82, 2.24) is 10.2 Å². The van der Waals surface area contributed by atoms with Gasteiger partial charge in [-0.3, -0.25) is 4.90 Å². The molecule has 0 spiro atoms. The van der Waals surface area contributed by atoms with E-state index in [-0.39, 0.29) is 0 Å². The van der Waals surface area contributed by atoms with Crippen LogP contribution < -0.4 is 5.32 Å². The number of nitrogens with zero attached hydrogens (tertiary/aromatic N) is 1. The molecule has 2 heterocycles. The van der Waals surface area contributed by atoms with E-state index in [0.29, 0.717) is 6.04 Å². The lowest BCUT2D eigenvalue weighted by atomic mass is 10.00. The summed E-state index contributed by atoms with van der Waals surface area (Å²) in [6.45, 7) is 9.21. The Morgan fingerprint density at radius 2 is 2.47 bits per heavy atom. The second kappa shape index (κ2) is 5.10. The smallest absolute Gasteiger partial charge is 0.0247 e. The highest BCUT2D eigenvalue weighted by molar-refractivity contribution is 7.07. The molecule has 3 heteroatoms. The van der Waals surface area contributed by atoms with Gasteiger partial charge in [0.15, 0.2) is 0 Å². The van der Waals surface area contributed by atoms with Crippen molar-refractivity contribution in [2.24, 2.45) is 5.92 Å². The molecule has 1 unspecified atom stereocenters. The summed E-state index contributed by atoms with van der Waals surface area (Å²) in [5, 5.41) is 7.92. The van der Waals surface area contributed by atoms with Crippen LogP contribution in [0.25, 0.3) is 0 Å². The van der Waals surface area contributed by atoms with Gasteiger partial charge in [0.2, 0.25) is 0 Å². The molecule has 1 aromatic rings. The summed E-state index contributed by atoms with van der Waals surface area (Å²) in [6, 6.07) is 2.93. The molecular formula is C12H20N2S. The van der Waals surface area contributed by atoms with Crippen molar-refractivity contribution in [3.63, 3.8) is 0 Å². The molecule has 1 atom stereocenters. The minimum Gasteiger partial charge on any atom is -0.314 e. The Kier molecular flexibility index (Phi) is 3.78. The molecule has 1 N–H and O–H groups in total. The summed E-state index contributed by atoms with van der Waals surface area (Å²) in [5.41, 5.74) is 1.47. The number of hydrogen-bond acceptors (Lipinski definition) is 3. The van der Waals surface area contributed by atoms with E-state index < -0.39 is 0 Å². The number of nitrogens with one attached hydrogen (secondary N) is 1. The maximum absolute atomic E-state index is 3.49. The predicted octanol–water partition coefficient (Wildman–Crippen LogP) is 2.18. The van der Waals surface area contributed by atoms with Crippen LogP contribution >= 0.6 is 11.3 Å². The molecule has 0 aliphatic carbocycles. The van der Waals surface area contributed by atoms with Crippen molar-refractivity contribution < 1.29 is 0 Å². The fourth-order valence-corrected chi connectivity index (χ4v) is 2.90. The van der Waals surface area contributed by atoms with Gasteiger partial charge in [0.25, 0.3) is 0 Å². The monoisotopic (exact) mass is 224 g/mol. The zero-order chi connectivity index (χ0) is 10.7. The van der Waals surface area contributed by atoms with E-state index in [2.05, 4.69) is 40.9 Å². The van der Waals surface area contributed by atoms with Gasteiger partial charge in [-0.15, -0.1) is 0 Å². The Balaban J connectivity index is 1.99. The molecule has 1 aromatic heterocycles. The summed E-state index contributed by atoms with van der Waals surface area (Å²) >= 11 is 1.80. The Morgan fingerprint density at radius 1 is 1.60 bits per heavy atom. The third-order valence-corrected chi connectivity index (χ3v) is 3.87. The van der Waals surface area contributed by atoms with Crippen LogP contribution in [0.15, 0.2) is 16.8 Å². The maximum atomic E-state index is 3.49. The third kappa shape index (κ3) is 2.80. The maximum Gasteiger partial charge on any atom is 0.0247 e. The first-order valence-electron chi connectivity index (χ1n) is 5.73. The highest BCUT2D eigenvalue weighted by Crippen LogP contribution is 2.17. The molecule has 0 saturated carbocycles. The highest BCUT2D eigenvalue weighted by Gasteiger charge is 2.24. The molecule has 1 fully saturated rings. The number of thiophene rings is 1. The number of hydrogen-bond donors (Lipinski definition) is 1. The first kappa shape index (κ1) is 11.1. The topological polar surface area (TPSA) is 15.3 Å². The Hall–Kier alpha value is -0.380. The standard InChI is InChI=1S/C12H20N2S/c1-10(2)12-7-13-4-5-14(12)8-11-3-6-15-9-11/h3,6,9-10,12-13H,4-5,7-8H2,1-2H3. The Labute approximate surface area is 96.3 Å². The van der Waals surface area contributed by atoms with Crippen LogP contribution in [0, 0.1) is 5.92 Å². The quantitative estimate of drug-likeness (QED) is 0.846. The van der Waals surface area contributed by atoms with Crippen molar-refractivity contribution in [3.8, 4) is 0 Å². The zero-order valence-electron chi connectivity index (χ0n) is 9.57. The fourth-order valence-electron chi connectivity index (χ4n) is 2.24. The normalized spacial score (nSPS) is 23.5. The molecular weight excluding hydrogens is 204 g/mol. The lowest BCUT2D eigenvalue weighted by molar-refractivity contribution is 0.117. The molecule has 84 valence electrons. The van der Waals surface area contributed by atoms with Gasteiger partial charge in [-0.2, -0.15) is 11.3 Å². The van der Waals surface area contributed by atoms with Gasteiger partial charge in [-0.05, 0) is 28.3 Å². The van der Waals surface area contributed by atoms with Gasteiger partial charge in [0, 0.05) is 32.2 Å². The minimum absolute atomic E-state index is 0.693. The van der Waals surface area contributed by atoms with Crippen LogP contribution in [-0.2, 0) is 6.54 Å². The van der Waals surface area contributed by atoms with Gasteiger partial charge in [-0.25, -0.2) is 0 Å². The summed E-state index contributed by atoms with van der Waals surface area (Å²) in [7, 11) is 0. The fraction of sp³-hybridized carbons (Fsp3) is 0.667. The largest absolute Gasteiger partial charge is 0.314 e. The van der Waals surface area contributed by atoms with Gasteiger partial charge in [-0.1, -0.05) is 13.8 Å². The van der Waals surface area contributed by atoms with E-state index in [9.17, 15) is 0 Å². The Bertz CT molecular complexity index is 282. The predicted molar refractivity (Wildman–Crippen MR) is 66.2 cm³/mol. The second-order valence-corrected chi connectivity index (χ2v) is 5.40. The van der Waals surface area contributed by atoms with Crippen molar-refractivity contribution in [3.05, 3.63) is 22.4 Å². The van der Waals surface area contributed by atoms with E-state index in [1.165, 1.54) is 12.1 Å². The van der Waals surface area contributed by atoms with E-state index in [4.69, 9.17) is 0 Å². The number of rotatable bonds is 3. The van der Waals surface area contributed by atoms with Gasteiger partial charge in [0.1, 0.15) is 0 Å². The highest BCUT2D eigenvalue weighted by atomic mass is 32.1.